The van der Waals surface area contributed by atoms with E-state index >= 15 is 0 Å². The predicted molar refractivity (Wildman–Crippen MR) is 75.0 cm³/mol. The Hall–Kier alpha value is -2.89. The number of nitrogens with zero attached hydrogens (tertiary/aromatic N) is 1. The van der Waals surface area contributed by atoms with Crippen LogP contribution in [0.4, 0.5) is 0 Å². The fourth-order valence-corrected chi connectivity index (χ4v) is 2.06. The Morgan fingerprint density at radius 1 is 1.05 bits per heavy atom. The summed E-state index contributed by atoms with van der Waals surface area (Å²) in [6.07, 6.45) is 1.64. The van der Waals surface area contributed by atoms with Crippen LogP contribution in [-0.4, -0.2) is 22.1 Å². The molecular formula is C14H11N3O3. The van der Waals surface area contributed by atoms with Crippen LogP contribution in [0, 0.1) is 0 Å². The van der Waals surface area contributed by atoms with Gasteiger partial charge in [0.05, 0.1) is 18.1 Å². The number of fused-ring (bicyclic) bond motifs is 1. The molecule has 0 spiro atoms. The first-order chi connectivity index (χ1) is 9.69. The molecule has 2 N–H and O–H groups in total. The van der Waals surface area contributed by atoms with Crippen LogP contribution in [0.25, 0.3) is 22.2 Å². The Balaban J connectivity index is 2.25. The van der Waals surface area contributed by atoms with E-state index in [2.05, 4.69) is 15.0 Å². The molecule has 3 rings (SSSR count). The van der Waals surface area contributed by atoms with E-state index in [1.165, 1.54) is 0 Å². The second kappa shape index (κ2) is 4.65. The SMILES string of the molecule is COc1ncccc1-c1ccc2[nH]c(=O)c(=O)[nH]c2c1. The molecule has 0 unspecified atom stereocenters. The summed E-state index contributed by atoms with van der Waals surface area (Å²) in [5.41, 5.74) is 1.44. The van der Waals surface area contributed by atoms with Crippen LogP contribution < -0.4 is 15.9 Å². The molecule has 2 heterocycles. The minimum absolute atomic E-state index is 0.499. The van der Waals surface area contributed by atoms with Gasteiger partial charge in [0.1, 0.15) is 0 Å². The molecule has 100 valence electrons. The highest BCUT2D eigenvalue weighted by atomic mass is 16.5. The maximum Gasteiger partial charge on any atom is 0.314 e. The van der Waals surface area contributed by atoms with Gasteiger partial charge in [0.15, 0.2) is 0 Å². The Labute approximate surface area is 113 Å². The summed E-state index contributed by atoms with van der Waals surface area (Å²) < 4.78 is 5.21. The van der Waals surface area contributed by atoms with Crippen LogP contribution in [0.2, 0.25) is 0 Å². The van der Waals surface area contributed by atoms with E-state index in [0.29, 0.717) is 16.9 Å². The quantitative estimate of drug-likeness (QED) is 0.686. The van der Waals surface area contributed by atoms with Crippen molar-refractivity contribution in [3.63, 3.8) is 0 Å². The molecule has 3 aromatic rings. The maximum absolute atomic E-state index is 11.4. The third-order valence-corrected chi connectivity index (χ3v) is 3.00. The minimum atomic E-state index is -0.673. The topological polar surface area (TPSA) is 87.8 Å². The molecule has 6 heteroatoms. The standard InChI is InChI=1S/C14H11N3O3/c1-20-14-9(3-2-6-15-14)8-4-5-10-11(7-8)17-13(19)12(18)16-10/h2-7H,1H3,(H,16,18)(H,17,19). The van der Waals surface area contributed by atoms with Crippen LogP contribution in [0.15, 0.2) is 46.1 Å². The van der Waals surface area contributed by atoms with Crippen molar-refractivity contribution in [2.45, 2.75) is 0 Å². The van der Waals surface area contributed by atoms with Gasteiger partial charge < -0.3 is 14.7 Å². The summed E-state index contributed by atoms with van der Waals surface area (Å²) in [5, 5.41) is 0. The van der Waals surface area contributed by atoms with Gasteiger partial charge in [-0.25, -0.2) is 4.98 Å². The molecule has 0 saturated carbocycles. The van der Waals surface area contributed by atoms with Crippen LogP contribution in [-0.2, 0) is 0 Å². The summed E-state index contributed by atoms with van der Waals surface area (Å²) in [6, 6.07) is 9.01. The Morgan fingerprint density at radius 3 is 2.55 bits per heavy atom. The lowest BCUT2D eigenvalue weighted by molar-refractivity contribution is 0.399. The molecule has 0 aliphatic heterocycles. The number of hydrogen-bond donors (Lipinski definition) is 2. The first kappa shape index (κ1) is 12.2. The van der Waals surface area contributed by atoms with Crippen LogP contribution in [0.5, 0.6) is 5.88 Å². The molecule has 0 bridgehead atoms. The molecule has 1 aromatic carbocycles. The van der Waals surface area contributed by atoms with Crippen molar-refractivity contribution in [2.75, 3.05) is 7.11 Å². The Morgan fingerprint density at radius 2 is 1.80 bits per heavy atom. The summed E-state index contributed by atoms with van der Waals surface area (Å²) >= 11 is 0. The van der Waals surface area contributed by atoms with E-state index in [0.717, 1.165) is 11.1 Å². The predicted octanol–water partition coefficient (Wildman–Crippen LogP) is 1.29. The zero-order chi connectivity index (χ0) is 14.1. The number of rotatable bonds is 2. The summed E-state index contributed by atoms with van der Waals surface area (Å²) in [6.45, 7) is 0. The Bertz CT molecular complexity index is 896. The first-order valence-corrected chi connectivity index (χ1v) is 5.95. The van der Waals surface area contributed by atoms with Gasteiger partial charge in [0.25, 0.3) is 0 Å². The zero-order valence-electron chi connectivity index (χ0n) is 10.6. The summed E-state index contributed by atoms with van der Waals surface area (Å²) in [5.74, 6) is 0.499. The van der Waals surface area contributed by atoms with Crippen LogP contribution in [0.1, 0.15) is 0 Å². The fraction of sp³-hybridized carbons (Fsp3) is 0.0714. The van der Waals surface area contributed by atoms with Crippen LogP contribution >= 0.6 is 0 Å². The molecule has 0 aliphatic carbocycles. The van der Waals surface area contributed by atoms with Gasteiger partial charge in [0.2, 0.25) is 5.88 Å². The largest absolute Gasteiger partial charge is 0.481 e. The molecule has 0 saturated heterocycles. The van der Waals surface area contributed by atoms with Crippen molar-refractivity contribution in [3.8, 4) is 17.0 Å². The molecule has 2 aromatic heterocycles. The van der Waals surface area contributed by atoms with Crippen molar-refractivity contribution >= 4 is 11.0 Å². The van der Waals surface area contributed by atoms with Gasteiger partial charge in [-0.2, -0.15) is 0 Å². The third kappa shape index (κ3) is 1.97. The average Bonchev–Trinajstić information content (AvgIpc) is 2.48. The molecule has 0 atom stereocenters. The number of aromatic nitrogens is 3. The van der Waals surface area contributed by atoms with Crippen molar-refractivity contribution in [1.29, 1.82) is 0 Å². The summed E-state index contributed by atoms with van der Waals surface area (Å²) in [4.78, 5) is 31.8. The number of aromatic amines is 2. The highest BCUT2D eigenvalue weighted by molar-refractivity contribution is 5.82. The number of pyridine rings is 1. The number of benzene rings is 1. The van der Waals surface area contributed by atoms with Crippen LogP contribution in [0.3, 0.4) is 0 Å². The number of hydrogen-bond acceptors (Lipinski definition) is 4. The van der Waals surface area contributed by atoms with Gasteiger partial charge in [-0.15, -0.1) is 0 Å². The van der Waals surface area contributed by atoms with E-state index in [4.69, 9.17) is 4.74 Å². The highest BCUT2D eigenvalue weighted by Gasteiger charge is 2.08. The van der Waals surface area contributed by atoms with Crippen molar-refractivity contribution in [1.82, 2.24) is 15.0 Å². The van der Waals surface area contributed by atoms with E-state index < -0.39 is 11.1 Å². The second-order valence-corrected chi connectivity index (χ2v) is 4.23. The monoisotopic (exact) mass is 269 g/mol. The van der Waals surface area contributed by atoms with Crippen molar-refractivity contribution in [2.24, 2.45) is 0 Å². The van der Waals surface area contributed by atoms with Gasteiger partial charge in [-0.05, 0) is 29.8 Å². The molecule has 0 radical (unpaired) electrons. The Kier molecular flexibility index (Phi) is 2.83. The number of H-pyrrole nitrogens is 2. The number of ether oxygens (including phenoxy) is 1. The van der Waals surface area contributed by atoms with E-state index in [-0.39, 0.29) is 0 Å². The average molecular weight is 269 g/mol. The lowest BCUT2D eigenvalue weighted by Crippen LogP contribution is -2.28. The normalized spacial score (nSPS) is 10.7. The minimum Gasteiger partial charge on any atom is -0.481 e. The molecule has 0 aliphatic rings. The van der Waals surface area contributed by atoms with Gasteiger partial charge in [0, 0.05) is 11.8 Å². The highest BCUT2D eigenvalue weighted by Crippen LogP contribution is 2.28. The van der Waals surface area contributed by atoms with Gasteiger partial charge in [-0.3, -0.25) is 9.59 Å². The lowest BCUT2D eigenvalue weighted by Gasteiger charge is -2.07. The number of methoxy groups -OCH3 is 1. The second-order valence-electron chi connectivity index (χ2n) is 4.23. The molecule has 0 amide bonds. The van der Waals surface area contributed by atoms with Gasteiger partial charge >= 0.3 is 11.1 Å². The van der Waals surface area contributed by atoms with E-state index in [1.807, 2.05) is 12.1 Å². The lowest BCUT2D eigenvalue weighted by atomic mass is 10.1. The van der Waals surface area contributed by atoms with Gasteiger partial charge in [-0.1, -0.05) is 6.07 Å². The maximum atomic E-state index is 11.4. The first-order valence-electron chi connectivity index (χ1n) is 5.95. The van der Waals surface area contributed by atoms with Crippen molar-refractivity contribution < 1.29 is 4.74 Å². The fourth-order valence-electron chi connectivity index (χ4n) is 2.06. The number of nitrogens with one attached hydrogen (secondary N) is 2. The molecule has 6 nitrogen and oxygen atoms in total. The zero-order valence-corrected chi connectivity index (χ0v) is 10.6. The molecular weight excluding hydrogens is 258 g/mol. The smallest absolute Gasteiger partial charge is 0.314 e. The summed E-state index contributed by atoms with van der Waals surface area (Å²) in [7, 11) is 1.55. The molecule has 20 heavy (non-hydrogen) atoms. The van der Waals surface area contributed by atoms with E-state index in [1.54, 1.807) is 31.5 Å². The van der Waals surface area contributed by atoms with Crippen molar-refractivity contribution in [3.05, 3.63) is 57.2 Å². The third-order valence-electron chi connectivity index (χ3n) is 3.00. The van der Waals surface area contributed by atoms with E-state index in [9.17, 15) is 9.59 Å². The molecule has 0 fully saturated rings.